The zero-order valence-corrected chi connectivity index (χ0v) is 12.1. The number of halogens is 1. The van der Waals surface area contributed by atoms with E-state index in [1.165, 1.54) is 31.4 Å². The number of aromatic nitrogens is 1. The predicted octanol–water partition coefficient (Wildman–Crippen LogP) is 2.43. The molecule has 20 heavy (non-hydrogen) atoms. The number of pyridine rings is 1. The highest BCUT2D eigenvalue weighted by Crippen LogP contribution is 2.24. The number of hydrogen-bond donors (Lipinski definition) is 0. The average molecular weight is 308 g/mol. The number of hydrogen-bond acceptors (Lipinski definition) is 4. The predicted molar refractivity (Wildman–Crippen MR) is 76.0 cm³/mol. The minimum absolute atomic E-state index is 0.00894. The molecule has 0 N–H and O–H groups in total. The van der Waals surface area contributed by atoms with Gasteiger partial charge in [-0.05, 0) is 30.3 Å². The summed E-state index contributed by atoms with van der Waals surface area (Å²) in [5.41, 5.74) is 0.228. The van der Waals surface area contributed by atoms with Gasteiger partial charge >= 0.3 is 0 Å². The minimum atomic E-state index is -3.76. The quantitative estimate of drug-likeness (QED) is 0.873. The van der Waals surface area contributed by atoms with Gasteiger partial charge in [-0.15, -0.1) is 0 Å². The largest absolute Gasteiger partial charge is 0.265 e. The van der Waals surface area contributed by atoms with Crippen LogP contribution in [0, 0.1) is 11.3 Å². The van der Waals surface area contributed by atoms with Crippen molar-refractivity contribution < 1.29 is 8.42 Å². The normalized spacial score (nSPS) is 10.8. The molecule has 0 bridgehead atoms. The van der Waals surface area contributed by atoms with E-state index in [2.05, 4.69) is 4.98 Å². The molecule has 0 aliphatic rings. The first-order chi connectivity index (χ1) is 9.46. The fourth-order valence-corrected chi connectivity index (χ4v) is 3.03. The van der Waals surface area contributed by atoms with Crippen LogP contribution in [0.15, 0.2) is 47.5 Å². The maximum Gasteiger partial charge on any atom is 0.265 e. The van der Waals surface area contributed by atoms with Crippen LogP contribution in [0.3, 0.4) is 0 Å². The van der Waals surface area contributed by atoms with E-state index in [0.29, 0.717) is 5.82 Å². The zero-order valence-electron chi connectivity index (χ0n) is 10.5. The Morgan fingerprint density at radius 3 is 2.60 bits per heavy atom. The van der Waals surface area contributed by atoms with Crippen LogP contribution in [0.2, 0.25) is 5.02 Å². The van der Waals surface area contributed by atoms with Gasteiger partial charge in [-0.1, -0.05) is 17.7 Å². The van der Waals surface area contributed by atoms with Crippen LogP contribution in [-0.2, 0) is 10.0 Å². The van der Waals surface area contributed by atoms with Crippen molar-refractivity contribution in [3.05, 3.63) is 53.2 Å². The van der Waals surface area contributed by atoms with Crippen molar-refractivity contribution in [3.8, 4) is 6.07 Å². The van der Waals surface area contributed by atoms with Crippen molar-refractivity contribution in [2.45, 2.75) is 4.90 Å². The molecule has 0 spiro atoms. The lowest BCUT2D eigenvalue weighted by atomic mass is 10.2. The second-order valence-corrected chi connectivity index (χ2v) is 6.29. The van der Waals surface area contributed by atoms with Gasteiger partial charge in [0.2, 0.25) is 0 Å². The number of sulfonamides is 1. The molecule has 0 aliphatic heterocycles. The first kappa shape index (κ1) is 14.3. The Morgan fingerprint density at radius 1 is 1.30 bits per heavy atom. The van der Waals surface area contributed by atoms with E-state index in [-0.39, 0.29) is 15.5 Å². The smallest absolute Gasteiger partial charge is 0.253 e. The molecule has 0 radical (unpaired) electrons. The molecule has 0 atom stereocenters. The molecule has 0 saturated carbocycles. The Kier molecular flexibility index (Phi) is 3.93. The maximum absolute atomic E-state index is 12.4. The van der Waals surface area contributed by atoms with E-state index >= 15 is 0 Å². The van der Waals surface area contributed by atoms with Crippen LogP contribution in [0.4, 0.5) is 5.82 Å². The molecule has 102 valence electrons. The molecule has 0 amide bonds. The Bertz CT molecular complexity index is 770. The average Bonchev–Trinajstić information content (AvgIpc) is 2.47. The third-order valence-electron chi connectivity index (χ3n) is 2.69. The van der Waals surface area contributed by atoms with E-state index in [9.17, 15) is 8.42 Å². The Morgan fingerprint density at radius 2 is 2.05 bits per heavy atom. The van der Waals surface area contributed by atoms with Crippen molar-refractivity contribution in [1.82, 2.24) is 4.98 Å². The van der Waals surface area contributed by atoms with Crippen molar-refractivity contribution in [3.63, 3.8) is 0 Å². The molecule has 5 nitrogen and oxygen atoms in total. The summed E-state index contributed by atoms with van der Waals surface area (Å²) in [5.74, 6) is 0.299. The van der Waals surface area contributed by atoms with E-state index in [0.717, 1.165) is 4.31 Å². The second-order valence-electron chi connectivity index (χ2n) is 3.91. The monoisotopic (exact) mass is 307 g/mol. The van der Waals surface area contributed by atoms with Crippen molar-refractivity contribution in [2.75, 3.05) is 11.4 Å². The molecule has 0 fully saturated rings. The van der Waals surface area contributed by atoms with Gasteiger partial charge < -0.3 is 0 Å². The first-order valence-corrected chi connectivity index (χ1v) is 7.38. The Balaban J connectivity index is 2.46. The molecule has 7 heteroatoms. The van der Waals surface area contributed by atoms with Crippen LogP contribution in [-0.4, -0.2) is 20.4 Å². The van der Waals surface area contributed by atoms with Gasteiger partial charge in [-0.2, -0.15) is 5.26 Å². The second kappa shape index (κ2) is 5.49. The summed E-state index contributed by atoms with van der Waals surface area (Å²) >= 11 is 5.87. The number of rotatable bonds is 3. The maximum atomic E-state index is 12.4. The van der Waals surface area contributed by atoms with Crippen LogP contribution in [0.1, 0.15) is 5.56 Å². The molecular weight excluding hydrogens is 298 g/mol. The highest BCUT2D eigenvalue weighted by Gasteiger charge is 2.22. The third kappa shape index (κ3) is 2.59. The van der Waals surface area contributed by atoms with Crippen LogP contribution < -0.4 is 4.31 Å². The van der Waals surface area contributed by atoms with E-state index in [1.807, 2.05) is 6.07 Å². The molecular formula is C13H10ClN3O2S. The molecule has 1 heterocycles. The Labute approximate surface area is 122 Å². The van der Waals surface area contributed by atoms with Gasteiger partial charge in [0, 0.05) is 13.2 Å². The van der Waals surface area contributed by atoms with Gasteiger partial charge in [-0.25, -0.2) is 13.4 Å². The van der Waals surface area contributed by atoms with Gasteiger partial charge in [0.25, 0.3) is 10.0 Å². The van der Waals surface area contributed by atoms with Crippen molar-refractivity contribution in [1.29, 1.82) is 5.26 Å². The fraction of sp³-hybridized carbons (Fsp3) is 0.0769. The zero-order chi connectivity index (χ0) is 14.8. The Hall–Kier alpha value is -2.10. The van der Waals surface area contributed by atoms with Gasteiger partial charge in [0.15, 0.2) is 0 Å². The summed E-state index contributed by atoms with van der Waals surface area (Å²) in [6.45, 7) is 0. The highest BCUT2D eigenvalue weighted by atomic mass is 35.5. The molecule has 1 aromatic carbocycles. The van der Waals surface area contributed by atoms with Gasteiger partial charge in [0.05, 0.1) is 15.5 Å². The highest BCUT2D eigenvalue weighted by molar-refractivity contribution is 7.92. The first-order valence-electron chi connectivity index (χ1n) is 5.56. The van der Waals surface area contributed by atoms with E-state index in [1.54, 1.807) is 18.2 Å². The van der Waals surface area contributed by atoms with Crippen LogP contribution >= 0.6 is 11.6 Å². The number of anilines is 1. The fourth-order valence-electron chi connectivity index (χ4n) is 1.57. The van der Waals surface area contributed by atoms with Gasteiger partial charge in [0.1, 0.15) is 11.9 Å². The summed E-state index contributed by atoms with van der Waals surface area (Å²) in [4.78, 5) is 4.00. The van der Waals surface area contributed by atoms with Crippen molar-refractivity contribution >= 4 is 27.4 Å². The molecule has 2 aromatic rings. The summed E-state index contributed by atoms with van der Waals surface area (Å²) in [6.07, 6.45) is 1.51. The molecule has 2 rings (SSSR count). The molecule has 1 aromatic heterocycles. The summed E-state index contributed by atoms with van der Waals surface area (Å²) in [6, 6.07) is 10.8. The number of nitriles is 1. The third-order valence-corrected chi connectivity index (χ3v) is 4.76. The lowest BCUT2D eigenvalue weighted by molar-refractivity contribution is 0.594. The molecule has 0 unspecified atom stereocenters. The van der Waals surface area contributed by atoms with Crippen molar-refractivity contribution in [2.24, 2.45) is 0 Å². The minimum Gasteiger partial charge on any atom is -0.253 e. The number of nitrogens with zero attached hydrogens (tertiary/aromatic N) is 3. The lowest BCUT2D eigenvalue weighted by Crippen LogP contribution is -2.27. The molecule has 0 aliphatic carbocycles. The van der Waals surface area contributed by atoms with E-state index in [4.69, 9.17) is 16.9 Å². The summed E-state index contributed by atoms with van der Waals surface area (Å²) in [7, 11) is -2.36. The number of benzene rings is 1. The van der Waals surface area contributed by atoms with E-state index < -0.39 is 10.0 Å². The summed E-state index contributed by atoms with van der Waals surface area (Å²) < 4.78 is 25.9. The standard InChI is InChI=1S/C13H10ClN3O2S/c1-17(13-4-2-3-7-16-13)20(18,19)11-6-5-10(9-15)12(14)8-11/h2-8H,1H3. The lowest BCUT2D eigenvalue weighted by Gasteiger charge is -2.18. The van der Waals surface area contributed by atoms with Gasteiger partial charge in [-0.3, -0.25) is 4.31 Å². The SMILES string of the molecule is CN(c1ccccn1)S(=O)(=O)c1ccc(C#N)c(Cl)c1. The molecule has 0 saturated heterocycles. The van der Waals surface area contributed by atoms with Crippen LogP contribution in [0.25, 0.3) is 0 Å². The topological polar surface area (TPSA) is 74.1 Å². The summed E-state index contributed by atoms with van der Waals surface area (Å²) in [5, 5.41) is 8.90. The van der Waals surface area contributed by atoms with Crippen LogP contribution in [0.5, 0.6) is 0 Å².